The lowest BCUT2D eigenvalue weighted by Crippen LogP contribution is -2.77. The number of Topliss-reactive ketones (excluding diaryl/α,β-unsaturated/α-hetero) is 4. The third-order valence-electron chi connectivity index (χ3n) is 9.36. The third kappa shape index (κ3) is 4.42. The lowest BCUT2D eigenvalue weighted by atomic mass is 9.49. The van der Waals surface area contributed by atoms with Crippen LogP contribution >= 0.6 is 0 Å². The molecule has 2 aromatic carbocycles. The van der Waals surface area contributed by atoms with Crippen LogP contribution in [0.3, 0.4) is 0 Å². The van der Waals surface area contributed by atoms with Crippen LogP contribution in [0, 0.1) is 23.7 Å². The number of hydrogen-bond acceptors (Lipinski definition) is 10. The number of anilines is 2. The summed E-state index contributed by atoms with van der Waals surface area (Å²) in [6.45, 7) is 3.59. The number of phenols is 1. The number of benzene rings is 2. The number of ketones is 4. The Kier molecular flexibility index (Phi) is 7.69. The zero-order valence-corrected chi connectivity index (χ0v) is 24.5. The zero-order chi connectivity index (χ0) is 32.4. The predicted molar refractivity (Wildman–Crippen MR) is 156 cm³/mol. The Labute approximate surface area is 252 Å². The summed E-state index contributed by atoms with van der Waals surface area (Å²) in [5.74, 6) is -14.4. The second kappa shape index (κ2) is 10.9. The average Bonchev–Trinajstić information content (AvgIpc) is 2.96. The van der Waals surface area contributed by atoms with E-state index in [-0.39, 0.29) is 16.8 Å². The SMILES string of the molecule is CCc1ccc(NC(=O)Nc2ccc3c(c2O)C(=O)C2C(=O)[C@@]4(O)C(=O)C(C(N)=O)C(=O)[C@H](N(C)C)[C@H]4[C@H](O)[C@H]2[C@@H]3C)cc1. The van der Waals surface area contributed by atoms with E-state index in [4.69, 9.17) is 5.73 Å². The first-order chi connectivity index (χ1) is 20.7. The van der Waals surface area contributed by atoms with Crippen molar-refractivity contribution < 1.29 is 44.1 Å². The number of rotatable bonds is 5. The van der Waals surface area contributed by atoms with Crippen LogP contribution in [0.25, 0.3) is 0 Å². The Morgan fingerprint density at radius 2 is 1.64 bits per heavy atom. The minimum absolute atomic E-state index is 0.147. The number of primary amides is 1. The van der Waals surface area contributed by atoms with Crippen molar-refractivity contribution in [1.82, 2.24) is 4.90 Å². The van der Waals surface area contributed by atoms with Gasteiger partial charge in [-0.1, -0.05) is 32.0 Å². The van der Waals surface area contributed by atoms with Gasteiger partial charge in [0.25, 0.3) is 0 Å². The lowest BCUT2D eigenvalue weighted by Gasteiger charge is -2.56. The number of aryl methyl sites for hydroxylation is 1. The Morgan fingerprint density at radius 3 is 2.20 bits per heavy atom. The topological polar surface area (TPSA) is 216 Å². The van der Waals surface area contributed by atoms with Gasteiger partial charge in [-0.25, -0.2) is 4.79 Å². The van der Waals surface area contributed by atoms with Gasteiger partial charge in [0.05, 0.1) is 35.2 Å². The van der Waals surface area contributed by atoms with Gasteiger partial charge in [-0.2, -0.15) is 0 Å². The van der Waals surface area contributed by atoms with Crippen LogP contribution in [-0.2, 0) is 25.6 Å². The summed E-state index contributed by atoms with van der Waals surface area (Å²) < 4.78 is 0. The number of fused-ring (bicyclic) bond motifs is 3. The molecule has 13 heteroatoms. The summed E-state index contributed by atoms with van der Waals surface area (Å²) in [6.07, 6.45) is -0.913. The second-order valence-corrected chi connectivity index (χ2v) is 11.9. The molecule has 2 saturated carbocycles. The molecule has 0 saturated heterocycles. The molecule has 7 N–H and O–H groups in total. The fraction of sp³-hybridized carbons (Fsp3) is 0.419. The number of nitrogens with two attached hydrogens (primary N) is 1. The van der Waals surface area contributed by atoms with Crippen LogP contribution in [0.4, 0.5) is 16.2 Å². The Balaban J connectivity index is 1.53. The molecule has 8 atom stereocenters. The standard InChI is InChI=1S/C31H34N4O9/c1-5-13-6-8-14(9-7-13)33-30(43)34-16-11-10-15-12(2)17-19(24(37)18(15)23(16)36)27(40)31(44)21(25(17)38)22(35(3)4)26(39)20(28(31)41)29(32)42/h6-12,17,19-22,25,36,38,44H,5H2,1-4H3,(H2,32,42)(H2,33,34,43)/t12-,17+,19?,20?,21+,22-,25-,31-/m1/s1. The monoisotopic (exact) mass is 606 g/mol. The van der Waals surface area contributed by atoms with Crippen molar-refractivity contribution >= 4 is 46.4 Å². The molecule has 232 valence electrons. The van der Waals surface area contributed by atoms with E-state index in [2.05, 4.69) is 10.6 Å². The molecule has 3 aliphatic carbocycles. The minimum Gasteiger partial charge on any atom is -0.505 e. The molecule has 2 aromatic rings. The zero-order valence-electron chi connectivity index (χ0n) is 24.5. The van der Waals surface area contributed by atoms with Crippen molar-refractivity contribution in [3.05, 3.63) is 53.1 Å². The van der Waals surface area contributed by atoms with E-state index in [9.17, 15) is 44.1 Å². The maximum atomic E-state index is 14.1. The number of nitrogens with one attached hydrogen (secondary N) is 2. The van der Waals surface area contributed by atoms with Gasteiger partial charge in [0.15, 0.2) is 34.7 Å². The van der Waals surface area contributed by atoms with Crippen molar-refractivity contribution in [3.63, 3.8) is 0 Å². The molecule has 2 unspecified atom stereocenters. The van der Waals surface area contributed by atoms with Gasteiger partial charge in [0, 0.05) is 11.6 Å². The van der Waals surface area contributed by atoms with E-state index >= 15 is 0 Å². The highest BCUT2D eigenvalue weighted by atomic mass is 16.3. The number of aliphatic hydroxyl groups is 2. The fourth-order valence-electron chi connectivity index (χ4n) is 7.20. The average molecular weight is 607 g/mol. The molecule has 5 rings (SSSR count). The molecule has 0 heterocycles. The van der Waals surface area contributed by atoms with Crippen molar-refractivity contribution in [2.45, 2.75) is 43.9 Å². The van der Waals surface area contributed by atoms with Crippen LogP contribution in [-0.4, -0.2) is 87.1 Å². The van der Waals surface area contributed by atoms with Gasteiger partial charge < -0.3 is 31.7 Å². The molecular formula is C31H34N4O9. The summed E-state index contributed by atoms with van der Waals surface area (Å²) in [7, 11) is 2.85. The molecule has 0 aliphatic heterocycles. The summed E-state index contributed by atoms with van der Waals surface area (Å²) in [5.41, 5.74) is 3.59. The van der Waals surface area contributed by atoms with Crippen LogP contribution < -0.4 is 16.4 Å². The maximum Gasteiger partial charge on any atom is 0.323 e. The highest BCUT2D eigenvalue weighted by Gasteiger charge is 2.72. The van der Waals surface area contributed by atoms with Gasteiger partial charge in [0.1, 0.15) is 5.75 Å². The number of amides is 3. The maximum absolute atomic E-state index is 14.1. The first kappa shape index (κ1) is 31.0. The predicted octanol–water partition coefficient (Wildman–Crippen LogP) is 0.605. The number of hydrogen-bond donors (Lipinski definition) is 6. The normalized spacial score (nSPS) is 31.2. The largest absolute Gasteiger partial charge is 0.505 e. The summed E-state index contributed by atoms with van der Waals surface area (Å²) >= 11 is 0. The van der Waals surface area contributed by atoms with E-state index in [0.29, 0.717) is 5.69 Å². The molecular weight excluding hydrogens is 572 g/mol. The Morgan fingerprint density at radius 1 is 1.00 bits per heavy atom. The molecule has 0 spiro atoms. The Bertz CT molecular complexity index is 1600. The minimum atomic E-state index is -3.09. The Hall–Kier alpha value is -4.46. The highest BCUT2D eigenvalue weighted by molar-refractivity contribution is 6.32. The van der Waals surface area contributed by atoms with E-state index in [1.54, 1.807) is 19.1 Å². The van der Waals surface area contributed by atoms with E-state index < -0.39 is 88.2 Å². The first-order valence-corrected chi connectivity index (χ1v) is 14.2. The number of nitrogens with zero attached hydrogens (tertiary/aromatic N) is 1. The summed E-state index contributed by atoms with van der Waals surface area (Å²) in [5, 5.41) is 39.7. The van der Waals surface area contributed by atoms with Crippen molar-refractivity contribution in [1.29, 1.82) is 0 Å². The van der Waals surface area contributed by atoms with E-state index in [0.717, 1.165) is 12.0 Å². The molecule has 0 radical (unpaired) electrons. The second-order valence-electron chi connectivity index (χ2n) is 11.9. The number of aromatic hydroxyl groups is 1. The summed E-state index contributed by atoms with van der Waals surface area (Å²) in [4.78, 5) is 80.9. The van der Waals surface area contributed by atoms with Crippen molar-refractivity contribution in [2.75, 3.05) is 24.7 Å². The molecule has 0 bridgehead atoms. The molecule has 3 amide bonds. The number of likely N-dealkylation sites (N-methyl/N-ethyl adjacent to an activating group) is 1. The van der Waals surface area contributed by atoms with Gasteiger partial charge >= 0.3 is 6.03 Å². The molecule has 0 aromatic heterocycles. The summed E-state index contributed by atoms with van der Waals surface area (Å²) in [6, 6.07) is 7.78. The number of carbonyl (C=O) groups excluding carboxylic acids is 6. The van der Waals surface area contributed by atoms with Crippen LogP contribution in [0.2, 0.25) is 0 Å². The van der Waals surface area contributed by atoms with E-state index in [1.165, 1.54) is 31.1 Å². The molecule has 3 aliphatic rings. The van der Waals surface area contributed by atoms with Gasteiger partial charge in [-0.05, 0) is 55.8 Å². The van der Waals surface area contributed by atoms with Crippen molar-refractivity contribution in [2.24, 2.45) is 29.4 Å². The fourth-order valence-corrected chi connectivity index (χ4v) is 7.20. The van der Waals surface area contributed by atoms with Crippen molar-refractivity contribution in [3.8, 4) is 5.75 Å². The number of phenolic OH excluding ortho intramolecular Hbond substituents is 1. The number of carbonyl (C=O) groups is 6. The number of aliphatic hydroxyl groups excluding tert-OH is 1. The molecule has 44 heavy (non-hydrogen) atoms. The smallest absolute Gasteiger partial charge is 0.323 e. The van der Waals surface area contributed by atoms with Crippen LogP contribution in [0.5, 0.6) is 5.75 Å². The lowest BCUT2D eigenvalue weighted by molar-refractivity contribution is -0.196. The van der Waals surface area contributed by atoms with Gasteiger partial charge in [0.2, 0.25) is 5.91 Å². The van der Waals surface area contributed by atoms with Crippen LogP contribution in [0.15, 0.2) is 36.4 Å². The van der Waals surface area contributed by atoms with Gasteiger partial charge in [-0.3, -0.25) is 28.9 Å². The molecule has 13 nitrogen and oxygen atoms in total. The quantitative estimate of drug-likeness (QED) is 0.206. The highest BCUT2D eigenvalue weighted by Crippen LogP contribution is 2.55. The first-order valence-electron chi connectivity index (χ1n) is 14.2. The van der Waals surface area contributed by atoms with E-state index in [1.807, 2.05) is 19.1 Å². The number of urea groups is 1. The molecule has 2 fully saturated rings. The van der Waals surface area contributed by atoms with Gasteiger partial charge in [-0.15, -0.1) is 0 Å². The van der Waals surface area contributed by atoms with Crippen LogP contribution in [0.1, 0.15) is 41.3 Å². The third-order valence-corrected chi connectivity index (χ3v) is 9.36.